The summed E-state index contributed by atoms with van der Waals surface area (Å²) in [6.07, 6.45) is 1.23. The van der Waals surface area contributed by atoms with Crippen LogP contribution in [0.5, 0.6) is 0 Å². The molecule has 2 aromatic carbocycles. The molecule has 0 amide bonds. The van der Waals surface area contributed by atoms with E-state index in [2.05, 4.69) is 0 Å². The van der Waals surface area contributed by atoms with E-state index < -0.39 is 38.5 Å². The second-order valence-electron chi connectivity index (χ2n) is 8.55. The highest BCUT2D eigenvalue weighted by Crippen LogP contribution is 2.23. The largest absolute Gasteiger partial charge is 0.353 e. The van der Waals surface area contributed by atoms with E-state index in [0.717, 1.165) is 24.0 Å². The van der Waals surface area contributed by atoms with E-state index in [1.165, 1.54) is 24.3 Å². The third kappa shape index (κ3) is 7.59. The fourth-order valence-corrected chi connectivity index (χ4v) is 5.28. The molecular formula is C24H32O8S2. The van der Waals surface area contributed by atoms with E-state index in [1.54, 1.807) is 31.2 Å². The average Bonchev–Trinajstić information content (AvgIpc) is 2.81. The Morgan fingerprint density at radius 1 is 0.824 bits per heavy atom. The Hall–Kier alpha value is -1.82. The topological polar surface area (TPSA) is 105 Å². The minimum atomic E-state index is -4.02. The molecule has 1 unspecified atom stereocenters. The third-order valence-corrected chi connectivity index (χ3v) is 8.18. The van der Waals surface area contributed by atoms with Crippen LogP contribution in [0.4, 0.5) is 0 Å². The van der Waals surface area contributed by atoms with Gasteiger partial charge in [-0.25, -0.2) is 0 Å². The van der Waals surface area contributed by atoms with Gasteiger partial charge >= 0.3 is 0 Å². The molecular weight excluding hydrogens is 480 g/mol. The van der Waals surface area contributed by atoms with Gasteiger partial charge in [0.05, 0.1) is 29.1 Å². The molecule has 3 rings (SSSR count). The predicted octanol–water partition coefficient (Wildman–Crippen LogP) is 3.96. The van der Waals surface area contributed by atoms with Gasteiger partial charge in [0, 0.05) is 12.5 Å². The first kappa shape index (κ1) is 26.8. The molecule has 34 heavy (non-hydrogen) atoms. The van der Waals surface area contributed by atoms with Gasteiger partial charge in [0.25, 0.3) is 20.2 Å². The van der Waals surface area contributed by atoms with Crippen molar-refractivity contribution in [1.29, 1.82) is 0 Å². The van der Waals surface area contributed by atoms with Gasteiger partial charge in [-0.1, -0.05) is 42.3 Å². The fraction of sp³-hybridized carbons (Fsp3) is 0.500. The predicted molar refractivity (Wildman–Crippen MR) is 126 cm³/mol. The van der Waals surface area contributed by atoms with E-state index in [0.29, 0.717) is 13.0 Å². The van der Waals surface area contributed by atoms with Crippen molar-refractivity contribution < 1.29 is 34.7 Å². The molecule has 1 heterocycles. The zero-order chi connectivity index (χ0) is 24.8. The molecule has 0 saturated carbocycles. The standard InChI is InChI=1S/C24H32O8S2/c1-18-7-11-21(12-8-18)33(25,26)30-16-20(3)23(32-24-6-4-5-15-29-24)17-31-34(27,28)22-13-9-19(2)10-14-22/h7-14,20,23-24H,4-6,15-17H2,1-3H3/t20-,23+,24?/m1/s1. The highest BCUT2D eigenvalue weighted by molar-refractivity contribution is 7.87. The minimum absolute atomic E-state index is 0.0385. The molecule has 1 fully saturated rings. The summed E-state index contributed by atoms with van der Waals surface area (Å²) in [5.41, 5.74) is 1.86. The lowest BCUT2D eigenvalue weighted by atomic mass is 10.1. The summed E-state index contributed by atoms with van der Waals surface area (Å²) < 4.78 is 72.7. The van der Waals surface area contributed by atoms with Crippen molar-refractivity contribution in [2.45, 2.75) is 62.2 Å². The smallest absolute Gasteiger partial charge is 0.297 e. The van der Waals surface area contributed by atoms with Crippen LogP contribution in [0, 0.1) is 19.8 Å². The van der Waals surface area contributed by atoms with Crippen LogP contribution in [0.25, 0.3) is 0 Å². The van der Waals surface area contributed by atoms with E-state index in [4.69, 9.17) is 17.8 Å². The first-order valence-corrected chi connectivity index (χ1v) is 14.1. The average molecular weight is 513 g/mol. The van der Waals surface area contributed by atoms with Crippen LogP contribution in [0.15, 0.2) is 58.3 Å². The number of aryl methyl sites for hydroxylation is 2. The molecule has 0 N–H and O–H groups in total. The van der Waals surface area contributed by atoms with Crippen molar-refractivity contribution >= 4 is 20.2 Å². The summed E-state index contributed by atoms with van der Waals surface area (Å²) in [6.45, 7) is 5.48. The van der Waals surface area contributed by atoms with E-state index in [-0.39, 0.29) is 23.0 Å². The summed E-state index contributed by atoms with van der Waals surface area (Å²) in [7, 11) is -7.99. The van der Waals surface area contributed by atoms with Gasteiger partial charge in [0.1, 0.15) is 0 Å². The molecule has 1 aliphatic heterocycles. The number of rotatable bonds is 11. The Morgan fingerprint density at radius 3 is 1.79 bits per heavy atom. The fourth-order valence-electron chi connectivity index (χ4n) is 3.36. The Balaban J connectivity index is 1.68. The minimum Gasteiger partial charge on any atom is -0.353 e. The lowest BCUT2D eigenvalue weighted by Crippen LogP contribution is -2.37. The molecule has 8 nitrogen and oxygen atoms in total. The monoisotopic (exact) mass is 512 g/mol. The summed E-state index contributed by atoms with van der Waals surface area (Å²) in [5, 5.41) is 0. The van der Waals surface area contributed by atoms with Crippen molar-refractivity contribution in [1.82, 2.24) is 0 Å². The van der Waals surface area contributed by atoms with Gasteiger partial charge in [0.15, 0.2) is 6.29 Å². The second-order valence-corrected chi connectivity index (χ2v) is 11.8. The Bertz CT molecular complexity index is 1120. The summed E-state index contributed by atoms with van der Waals surface area (Å²) >= 11 is 0. The normalized spacial score (nSPS) is 19.0. The summed E-state index contributed by atoms with van der Waals surface area (Å²) in [5.74, 6) is -0.501. The van der Waals surface area contributed by atoms with Crippen molar-refractivity contribution in [3.8, 4) is 0 Å². The highest BCUT2D eigenvalue weighted by Gasteiger charge is 2.29. The highest BCUT2D eigenvalue weighted by atomic mass is 32.2. The zero-order valence-electron chi connectivity index (χ0n) is 19.7. The maximum atomic E-state index is 12.7. The molecule has 0 radical (unpaired) electrons. The van der Waals surface area contributed by atoms with Crippen LogP contribution in [0.1, 0.15) is 37.3 Å². The van der Waals surface area contributed by atoms with Crippen molar-refractivity contribution in [3.05, 3.63) is 59.7 Å². The Labute approximate surface area is 202 Å². The Morgan fingerprint density at radius 2 is 1.32 bits per heavy atom. The summed E-state index contributed by atoms with van der Waals surface area (Å²) in [6, 6.07) is 12.7. The van der Waals surface area contributed by atoms with Gasteiger partial charge in [-0.05, 0) is 57.4 Å². The van der Waals surface area contributed by atoms with E-state index in [9.17, 15) is 16.8 Å². The van der Waals surface area contributed by atoms with Crippen LogP contribution >= 0.6 is 0 Å². The van der Waals surface area contributed by atoms with Gasteiger partial charge < -0.3 is 9.47 Å². The quantitative estimate of drug-likeness (QED) is 0.417. The molecule has 188 valence electrons. The lowest BCUT2D eigenvalue weighted by Gasteiger charge is -2.30. The number of benzene rings is 2. The molecule has 1 aliphatic rings. The maximum absolute atomic E-state index is 12.7. The number of ether oxygens (including phenoxy) is 2. The lowest BCUT2D eigenvalue weighted by molar-refractivity contribution is -0.204. The second kappa shape index (κ2) is 11.7. The van der Waals surface area contributed by atoms with Gasteiger partial charge in [-0.3, -0.25) is 8.37 Å². The SMILES string of the molecule is Cc1ccc(S(=O)(=O)OC[C@@H](C)[C@H](COS(=O)(=O)c2ccc(C)cc2)OC2CCCCO2)cc1. The first-order chi connectivity index (χ1) is 16.1. The molecule has 10 heteroatoms. The van der Waals surface area contributed by atoms with Crippen LogP contribution in [-0.4, -0.2) is 49.1 Å². The molecule has 0 spiro atoms. The third-order valence-electron chi connectivity index (χ3n) is 5.59. The molecule has 0 aliphatic carbocycles. The molecule has 1 saturated heterocycles. The number of hydrogen-bond donors (Lipinski definition) is 0. The van der Waals surface area contributed by atoms with Crippen LogP contribution in [0.3, 0.4) is 0 Å². The van der Waals surface area contributed by atoms with Crippen LogP contribution in [-0.2, 0) is 38.1 Å². The van der Waals surface area contributed by atoms with E-state index in [1.807, 2.05) is 13.8 Å². The Kier molecular flexibility index (Phi) is 9.25. The van der Waals surface area contributed by atoms with E-state index >= 15 is 0 Å². The molecule has 0 aromatic heterocycles. The zero-order valence-corrected chi connectivity index (χ0v) is 21.3. The maximum Gasteiger partial charge on any atom is 0.297 e. The van der Waals surface area contributed by atoms with Crippen molar-refractivity contribution in [2.24, 2.45) is 5.92 Å². The van der Waals surface area contributed by atoms with Crippen molar-refractivity contribution in [2.75, 3.05) is 19.8 Å². The summed E-state index contributed by atoms with van der Waals surface area (Å²) in [4.78, 5) is 0.0909. The molecule has 3 atom stereocenters. The van der Waals surface area contributed by atoms with Gasteiger partial charge in [-0.15, -0.1) is 0 Å². The molecule has 2 aromatic rings. The van der Waals surface area contributed by atoms with Crippen LogP contribution in [0.2, 0.25) is 0 Å². The van der Waals surface area contributed by atoms with Gasteiger partial charge in [0.2, 0.25) is 0 Å². The molecule has 0 bridgehead atoms. The van der Waals surface area contributed by atoms with Crippen molar-refractivity contribution in [3.63, 3.8) is 0 Å². The van der Waals surface area contributed by atoms with Gasteiger partial charge in [-0.2, -0.15) is 16.8 Å². The van der Waals surface area contributed by atoms with Crippen LogP contribution < -0.4 is 0 Å². The first-order valence-electron chi connectivity index (χ1n) is 11.3. The number of hydrogen-bond acceptors (Lipinski definition) is 8.